The lowest BCUT2D eigenvalue weighted by Gasteiger charge is -2.07. The number of amides is 1. The Labute approximate surface area is 157 Å². The maximum Gasteiger partial charge on any atom is 0.256 e. The fourth-order valence-corrected chi connectivity index (χ4v) is 3.00. The van der Waals surface area contributed by atoms with Gasteiger partial charge in [0.2, 0.25) is 0 Å². The first-order valence-electron chi connectivity index (χ1n) is 8.82. The van der Waals surface area contributed by atoms with E-state index in [1.54, 1.807) is 12.1 Å². The molecule has 5 heteroatoms. The molecule has 3 aromatic carbocycles. The highest BCUT2D eigenvalue weighted by Crippen LogP contribution is 2.29. The summed E-state index contributed by atoms with van der Waals surface area (Å²) in [4.78, 5) is 12.4. The number of benzene rings is 3. The number of aromatic nitrogens is 2. The number of nitrogens with zero attached hydrogens (tertiary/aromatic N) is 1. The third-order valence-corrected chi connectivity index (χ3v) is 4.31. The Morgan fingerprint density at radius 3 is 2.63 bits per heavy atom. The Morgan fingerprint density at radius 1 is 1.00 bits per heavy atom. The fraction of sp³-hybridized carbons (Fsp3) is 0.0909. The molecule has 0 aliphatic heterocycles. The SMILES string of the molecule is CCOc1cccc(-c2ccc3c(NC(=O)c4ccccc4)n[nH]c3c2)c1. The van der Waals surface area contributed by atoms with Crippen LogP contribution in [0, 0.1) is 0 Å². The van der Waals surface area contributed by atoms with E-state index in [9.17, 15) is 4.79 Å². The lowest BCUT2D eigenvalue weighted by molar-refractivity contribution is 0.102. The highest BCUT2D eigenvalue weighted by molar-refractivity contribution is 6.08. The largest absolute Gasteiger partial charge is 0.494 e. The summed E-state index contributed by atoms with van der Waals surface area (Å²) in [6, 6.07) is 23.1. The van der Waals surface area contributed by atoms with Gasteiger partial charge in [0.25, 0.3) is 5.91 Å². The summed E-state index contributed by atoms with van der Waals surface area (Å²) in [5.74, 6) is 1.18. The van der Waals surface area contributed by atoms with E-state index in [2.05, 4.69) is 15.5 Å². The average molecular weight is 357 g/mol. The summed E-state index contributed by atoms with van der Waals surface area (Å²) in [6.07, 6.45) is 0. The topological polar surface area (TPSA) is 67.0 Å². The molecule has 0 fully saturated rings. The summed E-state index contributed by atoms with van der Waals surface area (Å²) < 4.78 is 5.58. The summed E-state index contributed by atoms with van der Waals surface area (Å²) in [7, 11) is 0. The zero-order valence-corrected chi connectivity index (χ0v) is 14.9. The van der Waals surface area contributed by atoms with Gasteiger partial charge in [0.05, 0.1) is 12.1 Å². The predicted octanol–water partition coefficient (Wildman–Crippen LogP) is 4.88. The number of hydrogen-bond acceptors (Lipinski definition) is 3. The first-order chi connectivity index (χ1) is 13.2. The van der Waals surface area contributed by atoms with Crippen LogP contribution < -0.4 is 10.1 Å². The smallest absolute Gasteiger partial charge is 0.256 e. The molecule has 1 aromatic heterocycles. The Morgan fingerprint density at radius 2 is 1.81 bits per heavy atom. The van der Waals surface area contributed by atoms with Crippen molar-refractivity contribution in [1.29, 1.82) is 0 Å². The van der Waals surface area contributed by atoms with E-state index in [1.165, 1.54) is 0 Å². The number of ether oxygens (including phenoxy) is 1. The molecule has 0 aliphatic carbocycles. The Bertz CT molecular complexity index is 1090. The van der Waals surface area contributed by atoms with Gasteiger partial charge in [0.15, 0.2) is 5.82 Å². The van der Waals surface area contributed by atoms with Crippen molar-refractivity contribution in [3.63, 3.8) is 0 Å². The van der Waals surface area contributed by atoms with Gasteiger partial charge in [-0.2, -0.15) is 5.10 Å². The molecule has 0 aliphatic rings. The van der Waals surface area contributed by atoms with Crippen LogP contribution in [-0.4, -0.2) is 22.7 Å². The molecule has 27 heavy (non-hydrogen) atoms. The summed E-state index contributed by atoms with van der Waals surface area (Å²) in [6.45, 7) is 2.60. The van der Waals surface area contributed by atoms with Gasteiger partial charge in [-0.05, 0) is 54.4 Å². The van der Waals surface area contributed by atoms with Gasteiger partial charge in [-0.3, -0.25) is 9.89 Å². The van der Waals surface area contributed by atoms with Crippen molar-refractivity contribution >= 4 is 22.6 Å². The van der Waals surface area contributed by atoms with Crippen LogP contribution in [0.5, 0.6) is 5.75 Å². The van der Waals surface area contributed by atoms with Crippen molar-refractivity contribution in [2.75, 3.05) is 11.9 Å². The zero-order valence-electron chi connectivity index (χ0n) is 14.9. The molecule has 1 amide bonds. The molecule has 0 atom stereocenters. The number of fused-ring (bicyclic) bond motifs is 1. The monoisotopic (exact) mass is 357 g/mol. The minimum atomic E-state index is -0.183. The van der Waals surface area contributed by atoms with Crippen LogP contribution >= 0.6 is 0 Å². The van der Waals surface area contributed by atoms with Crippen molar-refractivity contribution in [2.24, 2.45) is 0 Å². The molecule has 4 aromatic rings. The van der Waals surface area contributed by atoms with Crippen molar-refractivity contribution < 1.29 is 9.53 Å². The van der Waals surface area contributed by atoms with Gasteiger partial charge >= 0.3 is 0 Å². The molecular weight excluding hydrogens is 338 g/mol. The Hall–Kier alpha value is -3.60. The maximum absolute atomic E-state index is 12.4. The van der Waals surface area contributed by atoms with Gasteiger partial charge in [0, 0.05) is 10.9 Å². The second-order valence-electron chi connectivity index (χ2n) is 6.11. The highest BCUT2D eigenvalue weighted by atomic mass is 16.5. The minimum Gasteiger partial charge on any atom is -0.494 e. The van der Waals surface area contributed by atoms with Crippen molar-refractivity contribution in [3.8, 4) is 16.9 Å². The first kappa shape index (κ1) is 16.8. The number of nitrogens with one attached hydrogen (secondary N) is 2. The number of aromatic amines is 1. The zero-order chi connectivity index (χ0) is 18.6. The van der Waals surface area contributed by atoms with Crippen molar-refractivity contribution in [2.45, 2.75) is 6.92 Å². The lowest BCUT2D eigenvalue weighted by Crippen LogP contribution is -2.12. The predicted molar refractivity (Wildman–Crippen MR) is 107 cm³/mol. The number of H-pyrrole nitrogens is 1. The molecule has 0 unspecified atom stereocenters. The normalized spacial score (nSPS) is 10.7. The van der Waals surface area contributed by atoms with E-state index in [0.29, 0.717) is 18.0 Å². The molecule has 0 saturated heterocycles. The molecule has 5 nitrogen and oxygen atoms in total. The van der Waals surface area contributed by atoms with Crippen LogP contribution in [0.25, 0.3) is 22.0 Å². The third-order valence-electron chi connectivity index (χ3n) is 4.31. The maximum atomic E-state index is 12.4. The van der Waals surface area contributed by atoms with E-state index in [0.717, 1.165) is 27.8 Å². The van der Waals surface area contributed by atoms with Crippen molar-refractivity contribution in [1.82, 2.24) is 10.2 Å². The summed E-state index contributed by atoms with van der Waals surface area (Å²) in [5.41, 5.74) is 3.57. The third kappa shape index (κ3) is 3.53. The van der Waals surface area contributed by atoms with Crippen molar-refractivity contribution in [3.05, 3.63) is 78.4 Å². The second kappa shape index (κ2) is 7.33. The van der Waals surface area contributed by atoms with E-state index in [4.69, 9.17) is 4.74 Å². The number of carbonyl (C=O) groups excluding carboxylic acids is 1. The quantitative estimate of drug-likeness (QED) is 0.535. The number of anilines is 1. The summed E-state index contributed by atoms with van der Waals surface area (Å²) in [5, 5.41) is 11.0. The van der Waals surface area contributed by atoms with E-state index >= 15 is 0 Å². The van der Waals surface area contributed by atoms with Gasteiger partial charge in [0.1, 0.15) is 5.75 Å². The molecular formula is C22H19N3O2. The Kier molecular flexibility index (Phi) is 4.58. The van der Waals surface area contributed by atoms with Gasteiger partial charge in [-0.1, -0.05) is 36.4 Å². The molecule has 0 spiro atoms. The molecule has 1 heterocycles. The molecule has 0 bridgehead atoms. The van der Waals surface area contributed by atoms with Crippen LogP contribution in [-0.2, 0) is 0 Å². The molecule has 2 N–H and O–H groups in total. The lowest BCUT2D eigenvalue weighted by atomic mass is 10.0. The number of carbonyl (C=O) groups is 1. The van der Waals surface area contributed by atoms with E-state index in [-0.39, 0.29) is 5.91 Å². The molecule has 4 rings (SSSR count). The Balaban J connectivity index is 1.62. The molecule has 0 saturated carbocycles. The molecule has 134 valence electrons. The van der Waals surface area contributed by atoms with Gasteiger partial charge < -0.3 is 10.1 Å². The fourth-order valence-electron chi connectivity index (χ4n) is 3.00. The van der Waals surface area contributed by atoms with E-state index < -0.39 is 0 Å². The average Bonchev–Trinajstić information content (AvgIpc) is 3.11. The highest BCUT2D eigenvalue weighted by Gasteiger charge is 2.12. The van der Waals surface area contributed by atoms with Gasteiger partial charge in [-0.25, -0.2) is 0 Å². The van der Waals surface area contributed by atoms with Gasteiger partial charge in [-0.15, -0.1) is 0 Å². The number of hydrogen-bond donors (Lipinski definition) is 2. The summed E-state index contributed by atoms with van der Waals surface area (Å²) >= 11 is 0. The van der Waals surface area contributed by atoms with Crippen LogP contribution in [0.4, 0.5) is 5.82 Å². The van der Waals surface area contributed by atoms with Crippen LogP contribution in [0.2, 0.25) is 0 Å². The van der Waals surface area contributed by atoms with Crippen LogP contribution in [0.15, 0.2) is 72.8 Å². The number of rotatable bonds is 5. The first-order valence-corrected chi connectivity index (χ1v) is 8.82. The minimum absolute atomic E-state index is 0.183. The molecule has 0 radical (unpaired) electrons. The van der Waals surface area contributed by atoms with Crippen LogP contribution in [0.1, 0.15) is 17.3 Å². The van der Waals surface area contributed by atoms with E-state index in [1.807, 2.05) is 67.6 Å². The standard InChI is InChI=1S/C22H19N3O2/c1-2-27-18-10-6-9-16(13-18)17-11-12-19-20(14-17)24-25-21(19)23-22(26)15-7-4-3-5-8-15/h3-14H,2H2,1H3,(H2,23,24,25,26). The second-order valence-corrected chi connectivity index (χ2v) is 6.11. The van der Waals surface area contributed by atoms with Crippen LogP contribution in [0.3, 0.4) is 0 Å².